The van der Waals surface area contributed by atoms with E-state index in [0.717, 1.165) is 13.2 Å². The Labute approximate surface area is 93.5 Å². The van der Waals surface area contributed by atoms with E-state index in [9.17, 15) is 0 Å². The normalized spacial score (nSPS) is 23.0. The van der Waals surface area contributed by atoms with E-state index in [1.54, 1.807) is 0 Å². The van der Waals surface area contributed by atoms with E-state index in [4.69, 9.17) is 9.47 Å². The molecule has 1 N–H and O–H groups in total. The molecule has 1 fully saturated rings. The highest BCUT2D eigenvalue weighted by Gasteiger charge is 2.13. The summed E-state index contributed by atoms with van der Waals surface area (Å²) in [7, 11) is 0. The van der Waals surface area contributed by atoms with Gasteiger partial charge in [0.2, 0.25) is 0 Å². The molecule has 0 aromatic heterocycles. The fourth-order valence-electron chi connectivity index (χ4n) is 1.70. The van der Waals surface area contributed by atoms with Crippen LogP contribution in [0.3, 0.4) is 0 Å². The Hall–Kier alpha value is -0.120. The number of hydrogen-bond donors (Lipinski definition) is 1. The van der Waals surface area contributed by atoms with Crippen molar-refractivity contribution in [2.24, 2.45) is 0 Å². The van der Waals surface area contributed by atoms with Gasteiger partial charge in [0.05, 0.1) is 25.4 Å². The first-order valence-electron chi connectivity index (χ1n) is 6.03. The maximum absolute atomic E-state index is 5.58. The van der Waals surface area contributed by atoms with Crippen molar-refractivity contribution in [2.75, 3.05) is 26.4 Å². The molecule has 1 aliphatic heterocycles. The van der Waals surface area contributed by atoms with Gasteiger partial charge in [-0.1, -0.05) is 6.42 Å². The van der Waals surface area contributed by atoms with Gasteiger partial charge in [-0.2, -0.15) is 0 Å². The third-order valence-corrected chi connectivity index (χ3v) is 2.49. The van der Waals surface area contributed by atoms with E-state index in [1.165, 1.54) is 19.3 Å². The van der Waals surface area contributed by atoms with Crippen molar-refractivity contribution < 1.29 is 9.47 Å². The zero-order chi connectivity index (χ0) is 11.1. The highest BCUT2D eigenvalue weighted by atomic mass is 16.5. The molecular weight excluding hydrogens is 190 g/mol. The van der Waals surface area contributed by atoms with Gasteiger partial charge in [0.25, 0.3) is 0 Å². The molecule has 3 heteroatoms. The second-order valence-electron chi connectivity index (χ2n) is 5.18. The molecule has 0 aromatic rings. The van der Waals surface area contributed by atoms with Crippen molar-refractivity contribution >= 4 is 0 Å². The van der Waals surface area contributed by atoms with Crippen LogP contribution in [0.4, 0.5) is 0 Å². The van der Waals surface area contributed by atoms with Gasteiger partial charge in [0.1, 0.15) is 0 Å². The maximum atomic E-state index is 5.58. The van der Waals surface area contributed by atoms with Gasteiger partial charge >= 0.3 is 0 Å². The van der Waals surface area contributed by atoms with Gasteiger partial charge in [-0.3, -0.25) is 0 Å². The third kappa shape index (κ3) is 6.88. The first kappa shape index (κ1) is 12.9. The molecule has 1 atom stereocenters. The molecule has 15 heavy (non-hydrogen) atoms. The molecule has 1 aliphatic rings. The van der Waals surface area contributed by atoms with E-state index in [2.05, 4.69) is 26.1 Å². The zero-order valence-electron chi connectivity index (χ0n) is 10.3. The Bertz CT molecular complexity index is 159. The molecule has 1 saturated heterocycles. The zero-order valence-corrected chi connectivity index (χ0v) is 10.3. The Kier molecular flexibility index (Phi) is 5.58. The molecule has 1 rings (SSSR count). The number of hydrogen-bond acceptors (Lipinski definition) is 3. The Balaban J connectivity index is 1.92. The Morgan fingerprint density at radius 2 is 2.00 bits per heavy atom. The molecule has 1 unspecified atom stereocenters. The van der Waals surface area contributed by atoms with Gasteiger partial charge in [-0.05, 0) is 40.2 Å². The number of ether oxygens (including phenoxy) is 2. The lowest BCUT2D eigenvalue weighted by Crippen LogP contribution is -2.38. The van der Waals surface area contributed by atoms with Crippen LogP contribution < -0.4 is 5.32 Å². The minimum absolute atomic E-state index is 0.0492. The van der Waals surface area contributed by atoms with Gasteiger partial charge in [0, 0.05) is 6.04 Å². The van der Waals surface area contributed by atoms with Crippen LogP contribution in [-0.2, 0) is 9.47 Å². The van der Waals surface area contributed by atoms with Crippen LogP contribution in [0, 0.1) is 0 Å². The lowest BCUT2D eigenvalue weighted by Gasteiger charge is -2.24. The van der Waals surface area contributed by atoms with Gasteiger partial charge in [-0.25, -0.2) is 0 Å². The van der Waals surface area contributed by atoms with Crippen molar-refractivity contribution in [3.8, 4) is 0 Å². The Morgan fingerprint density at radius 1 is 1.20 bits per heavy atom. The number of nitrogens with one attached hydrogen (secondary N) is 1. The van der Waals surface area contributed by atoms with Crippen molar-refractivity contribution in [2.45, 2.75) is 51.7 Å². The van der Waals surface area contributed by atoms with Crippen LogP contribution >= 0.6 is 0 Å². The molecular formula is C12H25NO2. The molecule has 1 heterocycles. The van der Waals surface area contributed by atoms with Crippen LogP contribution in [0.2, 0.25) is 0 Å². The minimum atomic E-state index is -0.0492. The summed E-state index contributed by atoms with van der Waals surface area (Å²) < 4.78 is 11.2. The lowest BCUT2D eigenvalue weighted by atomic mass is 10.1. The van der Waals surface area contributed by atoms with E-state index in [0.29, 0.717) is 19.3 Å². The van der Waals surface area contributed by atoms with Crippen molar-refractivity contribution in [3.63, 3.8) is 0 Å². The topological polar surface area (TPSA) is 30.5 Å². The molecule has 0 radical (unpaired) electrons. The molecule has 0 saturated carbocycles. The average Bonchev–Trinajstić information content (AvgIpc) is 2.17. The van der Waals surface area contributed by atoms with Gasteiger partial charge in [0.15, 0.2) is 0 Å². The number of rotatable bonds is 5. The average molecular weight is 215 g/mol. The van der Waals surface area contributed by atoms with E-state index in [-0.39, 0.29) is 5.60 Å². The lowest BCUT2D eigenvalue weighted by molar-refractivity contribution is -0.0379. The molecule has 0 bridgehead atoms. The standard InChI is InChI=1S/C12H25NO2/c1-12(2,3)15-9-8-14-10-11-6-4-5-7-13-11/h11,13H,4-10H2,1-3H3. The van der Waals surface area contributed by atoms with Crippen molar-refractivity contribution in [1.82, 2.24) is 5.32 Å². The van der Waals surface area contributed by atoms with Gasteiger partial charge in [-0.15, -0.1) is 0 Å². The highest BCUT2D eigenvalue weighted by Crippen LogP contribution is 2.08. The highest BCUT2D eigenvalue weighted by molar-refractivity contribution is 4.71. The maximum Gasteiger partial charge on any atom is 0.0707 e. The minimum Gasteiger partial charge on any atom is -0.377 e. The second kappa shape index (κ2) is 6.46. The van der Waals surface area contributed by atoms with Crippen LogP contribution in [0.1, 0.15) is 40.0 Å². The third-order valence-electron chi connectivity index (χ3n) is 2.49. The largest absolute Gasteiger partial charge is 0.377 e. The molecule has 0 amide bonds. The summed E-state index contributed by atoms with van der Waals surface area (Å²) in [5.41, 5.74) is -0.0492. The van der Waals surface area contributed by atoms with E-state index in [1.807, 2.05) is 0 Å². The van der Waals surface area contributed by atoms with Crippen molar-refractivity contribution in [3.05, 3.63) is 0 Å². The summed E-state index contributed by atoms with van der Waals surface area (Å²) in [5, 5.41) is 3.46. The summed E-state index contributed by atoms with van der Waals surface area (Å²) in [6.45, 7) is 9.56. The first-order chi connectivity index (χ1) is 7.08. The SMILES string of the molecule is CC(C)(C)OCCOCC1CCCCN1. The fourth-order valence-corrected chi connectivity index (χ4v) is 1.70. The molecule has 0 aliphatic carbocycles. The predicted octanol–water partition coefficient (Wildman–Crippen LogP) is 1.96. The summed E-state index contributed by atoms with van der Waals surface area (Å²) >= 11 is 0. The second-order valence-corrected chi connectivity index (χ2v) is 5.18. The molecule has 0 spiro atoms. The molecule has 90 valence electrons. The van der Waals surface area contributed by atoms with Crippen LogP contribution in [0.15, 0.2) is 0 Å². The molecule has 0 aromatic carbocycles. The first-order valence-corrected chi connectivity index (χ1v) is 6.03. The Morgan fingerprint density at radius 3 is 2.60 bits per heavy atom. The van der Waals surface area contributed by atoms with E-state index < -0.39 is 0 Å². The summed E-state index contributed by atoms with van der Waals surface area (Å²) in [6.07, 6.45) is 3.89. The van der Waals surface area contributed by atoms with Crippen LogP contribution in [0.25, 0.3) is 0 Å². The quantitative estimate of drug-likeness (QED) is 0.711. The predicted molar refractivity (Wildman–Crippen MR) is 62.2 cm³/mol. The monoisotopic (exact) mass is 215 g/mol. The summed E-state index contributed by atoms with van der Waals surface area (Å²) in [4.78, 5) is 0. The fraction of sp³-hybridized carbons (Fsp3) is 1.00. The summed E-state index contributed by atoms with van der Waals surface area (Å²) in [6, 6.07) is 0.563. The summed E-state index contributed by atoms with van der Waals surface area (Å²) in [5.74, 6) is 0. The van der Waals surface area contributed by atoms with Crippen LogP contribution in [0.5, 0.6) is 0 Å². The number of piperidine rings is 1. The smallest absolute Gasteiger partial charge is 0.0707 e. The van der Waals surface area contributed by atoms with Gasteiger partial charge < -0.3 is 14.8 Å². The van der Waals surface area contributed by atoms with Crippen LogP contribution in [-0.4, -0.2) is 38.0 Å². The molecule has 3 nitrogen and oxygen atoms in total. The van der Waals surface area contributed by atoms with E-state index >= 15 is 0 Å². The van der Waals surface area contributed by atoms with Crippen molar-refractivity contribution in [1.29, 1.82) is 0 Å².